The Morgan fingerprint density at radius 3 is 2.32 bits per heavy atom. The van der Waals surface area contributed by atoms with E-state index < -0.39 is 22.5 Å². The van der Waals surface area contributed by atoms with Crippen LogP contribution in [-0.2, 0) is 21.4 Å². The molecule has 0 saturated carbocycles. The summed E-state index contributed by atoms with van der Waals surface area (Å²) in [6, 6.07) is 27.8. The molecular formula is C31H30ClN3O5S. The summed E-state index contributed by atoms with van der Waals surface area (Å²) in [6.07, 6.45) is 1.44. The highest BCUT2D eigenvalue weighted by atomic mass is 35.5. The van der Waals surface area contributed by atoms with Crippen molar-refractivity contribution in [3.63, 3.8) is 0 Å². The normalized spacial score (nSPS) is 11.3. The average Bonchev–Trinajstić information content (AvgIpc) is 2.98. The molecule has 10 heteroatoms. The van der Waals surface area contributed by atoms with Gasteiger partial charge in [0.1, 0.15) is 13.2 Å². The number of amides is 1. The van der Waals surface area contributed by atoms with E-state index in [4.69, 9.17) is 21.1 Å². The van der Waals surface area contributed by atoms with Crippen LogP contribution in [0.15, 0.2) is 107 Å². The Morgan fingerprint density at radius 1 is 0.927 bits per heavy atom. The molecular weight excluding hydrogens is 562 g/mol. The summed E-state index contributed by atoms with van der Waals surface area (Å²) in [7, 11) is -4.07. The molecule has 0 unspecified atom stereocenters. The van der Waals surface area contributed by atoms with Gasteiger partial charge in [-0.15, -0.1) is 0 Å². The highest BCUT2D eigenvalue weighted by molar-refractivity contribution is 7.92. The van der Waals surface area contributed by atoms with E-state index >= 15 is 0 Å². The molecule has 0 aromatic heterocycles. The van der Waals surface area contributed by atoms with Gasteiger partial charge in [-0.05, 0) is 73.0 Å². The van der Waals surface area contributed by atoms with Gasteiger partial charge in [0.2, 0.25) is 0 Å². The van der Waals surface area contributed by atoms with Gasteiger partial charge in [-0.3, -0.25) is 9.10 Å². The van der Waals surface area contributed by atoms with Crippen molar-refractivity contribution in [1.82, 2.24) is 5.43 Å². The number of aryl methyl sites for hydroxylation is 1. The number of hydrazone groups is 1. The highest BCUT2D eigenvalue weighted by Gasteiger charge is 2.27. The third-order valence-corrected chi connectivity index (χ3v) is 8.16. The van der Waals surface area contributed by atoms with E-state index in [1.807, 2.05) is 44.2 Å². The van der Waals surface area contributed by atoms with Crippen LogP contribution in [0.4, 0.5) is 5.69 Å². The fraction of sp³-hybridized carbons (Fsp3) is 0.161. The number of anilines is 1. The number of nitrogens with one attached hydrogen (secondary N) is 1. The molecule has 0 bridgehead atoms. The number of carbonyl (C=O) groups excluding carboxylic acids is 1. The Bertz CT molecular complexity index is 1610. The Balaban J connectivity index is 1.48. The van der Waals surface area contributed by atoms with Crippen LogP contribution in [0.1, 0.15) is 23.6 Å². The van der Waals surface area contributed by atoms with E-state index in [2.05, 4.69) is 10.5 Å². The Hall–Kier alpha value is -4.34. The molecule has 0 atom stereocenters. The van der Waals surface area contributed by atoms with Gasteiger partial charge in [-0.2, -0.15) is 5.10 Å². The zero-order chi connectivity index (χ0) is 29.2. The molecule has 4 aromatic carbocycles. The number of benzene rings is 4. The minimum Gasteiger partial charge on any atom is -0.490 e. The molecule has 0 aliphatic carbocycles. The molecule has 41 heavy (non-hydrogen) atoms. The summed E-state index contributed by atoms with van der Waals surface area (Å²) in [5, 5.41) is 4.42. The van der Waals surface area contributed by atoms with Crippen molar-refractivity contribution < 1.29 is 22.7 Å². The SMILES string of the molecule is CCOc1cc(/C=N\NC(=O)CN(c2ccc(C)c(Cl)c2)S(=O)(=O)c2ccccc2)ccc1OCc1ccccc1. The zero-order valence-corrected chi connectivity index (χ0v) is 24.2. The monoisotopic (exact) mass is 591 g/mol. The number of carbonyl (C=O) groups is 1. The lowest BCUT2D eigenvalue weighted by Gasteiger charge is -2.24. The minimum absolute atomic E-state index is 0.0472. The molecule has 0 saturated heterocycles. The number of sulfonamides is 1. The number of hydrogen-bond donors (Lipinski definition) is 1. The van der Waals surface area contributed by atoms with E-state index in [-0.39, 0.29) is 10.6 Å². The third-order valence-electron chi connectivity index (χ3n) is 5.97. The maximum Gasteiger partial charge on any atom is 0.264 e. The van der Waals surface area contributed by atoms with Crippen LogP contribution in [0.5, 0.6) is 11.5 Å². The number of rotatable bonds is 12. The minimum atomic E-state index is -4.07. The Morgan fingerprint density at radius 2 is 1.63 bits per heavy atom. The maximum atomic E-state index is 13.5. The molecule has 0 aliphatic rings. The summed E-state index contributed by atoms with van der Waals surface area (Å²) in [6.45, 7) is 4.00. The fourth-order valence-corrected chi connectivity index (χ4v) is 5.45. The number of ether oxygens (including phenoxy) is 2. The largest absolute Gasteiger partial charge is 0.490 e. The topological polar surface area (TPSA) is 97.3 Å². The summed E-state index contributed by atoms with van der Waals surface area (Å²) < 4.78 is 39.6. The van der Waals surface area contributed by atoms with Crippen molar-refractivity contribution in [2.24, 2.45) is 5.10 Å². The van der Waals surface area contributed by atoms with Crippen LogP contribution in [0.2, 0.25) is 5.02 Å². The molecule has 4 aromatic rings. The molecule has 0 spiro atoms. The van der Waals surface area contributed by atoms with Crippen LogP contribution in [0.25, 0.3) is 0 Å². The molecule has 0 radical (unpaired) electrons. The summed E-state index contributed by atoms with van der Waals surface area (Å²) in [5.41, 5.74) is 5.14. The van der Waals surface area contributed by atoms with E-state index in [1.165, 1.54) is 24.4 Å². The molecule has 0 heterocycles. The fourth-order valence-electron chi connectivity index (χ4n) is 3.84. The zero-order valence-electron chi connectivity index (χ0n) is 22.7. The molecule has 0 aliphatic heterocycles. The summed E-state index contributed by atoms with van der Waals surface area (Å²) in [4.78, 5) is 12.9. The van der Waals surface area contributed by atoms with Gasteiger partial charge in [0.15, 0.2) is 11.5 Å². The second kappa shape index (κ2) is 13.8. The van der Waals surface area contributed by atoms with Gasteiger partial charge < -0.3 is 9.47 Å². The first-order valence-corrected chi connectivity index (χ1v) is 14.7. The molecule has 4 rings (SSSR count). The first-order chi connectivity index (χ1) is 19.8. The van der Waals surface area contributed by atoms with Crippen molar-refractivity contribution >= 4 is 39.4 Å². The maximum absolute atomic E-state index is 13.5. The molecule has 1 amide bonds. The van der Waals surface area contributed by atoms with E-state index in [9.17, 15) is 13.2 Å². The predicted octanol–water partition coefficient (Wildman–Crippen LogP) is 5.97. The standard InChI is InChI=1S/C31H30ClN3O5S/c1-3-39-30-18-25(15-17-29(30)40-22-24-10-6-4-7-11-24)20-33-34-31(36)21-35(26-16-14-23(2)28(32)19-26)41(37,38)27-12-8-5-9-13-27/h4-20H,3,21-22H2,1-2H3,(H,34,36)/b33-20-. The van der Waals surface area contributed by atoms with Crippen molar-refractivity contribution in [3.05, 3.63) is 119 Å². The quantitative estimate of drug-likeness (QED) is 0.162. The smallest absolute Gasteiger partial charge is 0.264 e. The van der Waals surface area contributed by atoms with Gasteiger partial charge in [-0.25, -0.2) is 13.8 Å². The van der Waals surface area contributed by atoms with Gasteiger partial charge >= 0.3 is 0 Å². The van der Waals surface area contributed by atoms with E-state index in [0.29, 0.717) is 35.3 Å². The molecule has 8 nitrogen and oxygen atoms in total. The van der Waals surface area contributed by atoms with Crippen LogP contribution in [-0.4, -0.2) is 33.7 Å². The van der Waals surface area contributed by atoms with Crippen molar-refractivity contribution in [2.45, 2.75) is 25.3 Å². The van der Waals surface area contributed by atoms with Crippen LogP contribution in [0.3, 0.4) is 0 Å². The lowest BCUT2D eigenvalue weighted by atomic mass is 10.2. The summed E-state index contributed by atoms with van der Waals surface area (Å²) >= 11 is 6.27. The lowest BCUT2D eigenvalue weighted by Crippen LogP contribution is -2.39. The first kappa shape index (κ1) is 29.6. The summed E-state index contributed by atoms with van der Waals surface area (Å²) in [5.74, 6) is 0.482. The second-order valence-electron chi connectivity index (χ2n) is 8.96. The van der Waals surface area contributed by atoms with Gasteiger partial charge in [0, 0.05) is 5.02 Å². The number of hydrogen-bond acceptors (Lipinski definition) is 6. The second-order valence-corrected chi connectivity index (χ2v) is 11.2. The Kier molecular flexibility index (Phi) is 10.00. The van der Waals surface area contributed by atoms with Crippen LogP contribution in [0, 0.1) is 6.92 Å². The number of halogens is 1. The van der Waals surface area contributed by atoms with Gasteiger partial charge in [0.25, 0.3) is 15.9 Å². The van der Waals surface area contributed by atoms with E-state index in [0.717, 1.165) is 15.4 Å². The van der Waals surface area contributed by atoms with E-state index in [1.54, 1.807) is 48.5 Å². The number of nitrogens with zero attached hydrogens (tertiary/aromatic N) is 2. The Labute approximate surface area is 245 Å². The van der Waals surface area contributed by atoms with Gasteiger partial charge in [-0.1, -0.05) is 66.2 Å². The van der Waals surface area contributed by atoms with Crippen molar-refractivity contribution in [2.75, 3.05) is 17.5 Å². The first-order valence-electron chi connectivity index (χ1n) is 12.9. The van der Waals surface area contributed by atoms with Crippen LogP contribution >= 0.6 is 11.6 Å². The average molecular weight is 592 g/mol. The lowest BCUT2D eigenvalue weighted by molar-refractivity contribution is -0.119. The van der Waals surface area contributed by atoms with Gasteiger partial charge in [0.05, 0.1) is 23.4 Å². The molecule has 0 fully saturated rings. The molecule has 212 valence electrons. The predicted molar refractivity (Wildman–Crippen MR) is 161 cm³/mol. The van der Waals surface area contributed by atoms with Crippen molar-refractivity contribution in [3.8, 4) is 11.5 Å². The third kappa shape index (κ3) is 7.87. The highest BCUT2D eigenvalue weighted by Crippen LogP contribution is 2.29. The van der Waals surface area contributed by atoms with Crippen LogP contribution < -0.4 is 19.2 Å². The molecule has 1 N–H and O–H groups in total. The van der Waals surface area contributed by atoms with Crippen molar-refractivity contribution in [1.29, 1.82) is 0 Å².